The topological polar surface area (TPSA) is 202 Å². The summed E-state index contributed by atoms with van der Waals surface area (Å²) in [6.45, 7) is 31.6. The van der Waals surface area contributed by atoms with Crippen LogP contribution in [-0.4, -0.2) is 79.1 Å². The molecule has 92 heavy (non-hydrogen) atoms. The first-order valence-corrected chi connectivity index (χ1v) is 51.2. The fraction of sp³-hybridized carbons (Fsp3) is 0.816. The number of carbonyl (C=O) groups is 1. The molecule has 10 rings (SSSR count). The number of halogens is 3. The zero-order valence-corrected chi connectivity index (χ0v) is 66.0. The number of aliphatic hydroxyl groups is 4. The number of benzene rings is 2. The molecule has 2 aromatic rings. The van der Waals surface area contributed by atoms with E-state index >= 15 is 0 Å². The molecule has 0 aliphatic heterocycles. The summed E-state index contributed by atoms with van der Waals surface area (Å²) < 4.78 is 55.2. The number of fused-ring (bicyclic) bond motifs is 10. The van der Waals surface area contributed by atoms with Gasteiger partial charge in [0.25, 0.3) is 10.0 Å². The summed E-state index contributed by atoms with van der Waals surface area (Å²) >= 11 is 5.30. The molecule has 8 aliphatic carbocycles. The Morgan fingerprint density at radius 1 is 0.576 bits per heavy atom. The van der Waals surface area contributed by atoms with Crippen molar-refractivity contribution >= 4 is 68.8 Å². The van der Waals surface area contributed by atoms with Crippen LogP contribution in [0.1, 0.15) is 257 Å². The number of sulfonamides is 1. The van der Waals surface area contributed by atoms with Crippen molar-refractivity contribution in [1.29, 1.82) is 0 Å². The van der Waals surface area contributed by atoms with E-state index in [1.54, 1.807) is 36.4 Å². The Kier molecular flexibility index (Phi) is 26.7. The third-order valence-electron chi connectivity index (χ3n) is 27.1. The summed E-state index contributed by atoms with van der Waals surface area (Å²) in [7, 11) is -7.66. The minimum atomic E-state index is -4.02. The van der Waals surface area contributed by atoms with Gasteiger partial charge in [-0.15, -0.1) is 0 Å². The van der Waals surface area contributed by atoms with Gasteiger partial charge in [0.05, 0.1) is 34.2 Å². The molecule has 0 spiro atoms. The van der Waals surface area contributed by atoms with E-state index in [9.17, 15) is 47.2 Å². The Balaban J connectivity index is 0.000000248. The van der Waals surface area contributed by atoms with Crippen LogP contribution in [0.25, 0.3) is 0 Å². The fourth-order valence-corrected chi connectivity index (χ4v) is 24.6. The second-order valence-corrected chi connectivity index (χ2v) is 53.7. The van der Waals surface area contributed by atoms with Gasteiger partial charge < -0.3 is 25.5 Å². The van der Waals surface area contributed by atoms with Gasteiger partial charge in [-0.05, 0) is 266 Å². The third kappa shape index (κ3) is 16.3. The van der Waals surface area contributed by atoms with Crippen molar-refractivity contribution in [2.75, 3.05) is 5.75 Å². The molecule has 16 heteroatoms. The SMILES string of the molecule is C.CC[C@H]1[C@@H](O)[C@@H]2[C@H](CC[C@]3(C)[C@@H]([C@H](C)CCCC(=O)CS(=O)(=O)c4ccc(C(C)(C)C)cc4)CC[C@@H]23)[C@@]2(C)CC[C@@H](O)C[C@@H]12.CC[C@H]1[C@@H](O)[C@@H]2[C@H](CC[C@]3(C)[C@@H]([C@H](C)CCCC([O-])=NS(=O)(=O)c4ccc(C(C)(C)C)cc4)CC[C@@H]23)[C@@]2(C)CC[C@@H](O)C[C@@H]12.I[I-]I. The average Bonchev–Trinajstić information content (AvgIpc) is 1.25. The Bertz CT molecular complexity index is 3020. The number of rotatable bonds is 17. The van der Waals surface area contributed by atoms with Crippen LogP contribution in [0.5, 0.6) is 0 Å². The molecule has 11 nitrogen and oxygen atoms in total. The van der Waals surface area contributed by atoms with Crippen molar-refractivity contribution in [1.82, 2.24) is 0 Å². The van der Waals surface area contributed by atoms with E-state index in [4.69, 9.17) is 0 Å². The van der Waals surface area contributed by atoms with Crippen LogP contribution in [0.4, 0.5) is 0 Å². The predicted octanol–water partition coefficient (Wildman–Crippen LogP) is 14.0. The van der Waals surface area contributed by atoms with E-state index < -0.39 is 31.5 Å². The molecule has 0 heterocycles. The van der Waals surface area contributed by atoms with Gasteiger partial charge >= 0.3 is 50.5 Å². The molecule has 0 aromatic heterocycles. The summed E-state index contributed by atoms with van der Waals surface area (Å²) in [5, 5.41) is 57.7. The standard InChI is InChI=1S/C38H60O5S.C37H59NO5S.CH4.I3/c1-8-29-33-22-26(39)18-20-38(33,7)32-19-21-37(6)30(16-17-31(37)34(32)35(29)41)24(2)10-9-11-27(40)23-44(42,43)28-14-12-25(13-15-28)36(3,4)5;1-8-27-31-22-25(39)18-20-37(31,7)30-19-21-36(6)28(16-17-29(36)33(30)34(27)41)23(2)10-9-11-32(40)38-44(42,43)26-14-12-24(13-15-26)35(3,4)5;;1-3-2/h12-15,24,26,29-35,39,41H,8-11,16-23H2,1-7H3;12-15,23,25,27-31,33-34,39,41H,8-11,16-22H2,1-7H3,(H,38,40);1H4;/q;;;-1/p-1/t24-,26-,29-,30-,31+,32+,33+,34+,35-,37-,38-;23-,25-,27-,28-,29+,30+,31+,33+,34-,36-,37-;;/m11../s1. The number of Topliss-reactive ketones (excluding diaryl/α,β-unsaturated/α-hetero) is 1. The minimum absolute atomic E-state index is 0. The van der Waals surface area contributed by atoms with Crippen LogP contribution in [0, 0.1) is 105 Å². The number of hydrogen-bond acceptors (Lipinski definition) is 10. The van der Waals surface area contributed by atoms with Crippen LogP contribution in [-0.2, 0) is 35.5 Å². The van der Waals surface area contributed by atoms with Crippen molar-refractivity contribution in [2.24, 2.45) is 109 Å². The molecule has 0 radical (unpaired) electrons. The van der Waals surface area contributed by atoms with Gasteiger partial charge in [-0.3, -0.25) is 4.79 Å². The molecule has 8 saturated carbocycles. The number of sulfone groups is 1. The Hall–Kier alpha value is -0.490. The number of nitrogens with zero attached hydrogens (tertiary/aromatic N) is 1. The number of carbonyl (C=O) groups excluding carboxylic acids is 1. The second kappa shape index (κ2) is 31.2. The van der Waals surface area contributed by atoms with E-state index in [0.29, 0.717) is 97.1 Å². The van der Waals surface area contributed by atoms with Crippen LogP contribution < -0.4 is 18.4 Å². The van der Waals surface area contributed by atoms with Crippen LogP contribution in [0.15, 0.2) is 62.7 Å². The Labute approximate surface area is 588 Å². The maximum absolute atomic E-state index is 13.0. The van der Waals surface area contributed by atoms with Gasteiger partial charge in [0.15, 0.2) is 9.84 Å². The first-order valence-electron chi connectivity index (χ1n) is 35.5. The van der Waals surface area contributed by atoms with E-state index in [1.807, 2.05) is 12.1 Å². The monoisotopic (exact) mass is 1650 g/mol. The summed E-state index contributed by atoms with van der Waals surface area (Å²) in [5.41, 5.74) is 2.75. The van der Waals surface area contributed by atoms with Gasteiger partial charge in [0, 0.05) is 6.42 Å². The maximum atomic E-state index is 13.0. The molecule has 4 N–H and O–H groups in total. The van der Waals surface area contributed by atoms with Gasteiger partial charge in [0.1, 0.15) is 11.5 Å². The first kappa shape index (κ1) is 78.8. The van der Waals surface area contributed by atoms with Gasteiger partial charge in [-0.1, -0.05) is 154 Å². The summed E-state index contributed by atoms with van der Waals surface area (Å²) in [5.74, 6) is 4.94. The van der Waals surface area contributed by atoms with Crippen molar-refractivity contribution in [3.8, 4) is 0 Å². The molecule has 8 fully saturated rings. The van der Waals surface area contributed by atoms with E-state index in [0.717, 1.165) is 101 Å². The molecule has 0 saturated heterocycles. The second-order valence-electron chi connectivity index (χ2n) is 33.8. The molecule has 0 unspecified atom stereocenters. The zero-order chi connectivity index (χ0) is 67.2. The Morgan fingerprint density at radius 3 is 1.32 bits per heavy atom. The zero-order valence-electron chi connectivity index (χ0n) is 57.9. The molecular formula is C76H122I3NO10S2-2. The molecule has 22 atom stereocenters. The van der Waals surface area contributed by atoms with Gasteiger partial charge in [-0.2, -0.15) is 12.8 Å². The van der Waals surface area contributed by atoms with Crippen LogP contribution in [0.3, 0.4) is 0 Å². The molecule has 526 valence electrons. The van der Waals surface area contributed by atoms with E-state index in [1.165, 1.54) is 32.1 Å². The summed E-state index contributed by atoms with van der Waals surface area (Å²) in [6.07, 6.45) is 19.6. The van der Waals surface area contributed by atoms with E-state index in [2.05, 4.69) is 139 Å². The Morgan fingerprint density at radius 2 is 0.935 bits per heavy atom. The van der Waals surface area contributed by atoms with Gasteiger partial charge in [0.2, 0.25) is 0 Å². The third-order valence-corrected chi connectivity index (χ3v) is 30.1. The van der Waals surface area contributed by atoms with Crippen molar-refractivity contribution in [2.45, 2.75) is 291 Å². The first-order chi connectivity index (χ1) is 42.5. The van der Waals surface area contributed by atoms with Crippen LogP contribution in [0.2, 0.25) is 0 Å². The van der Waals surface area contributed by atoms with Crippen molar-refractivity contribution in [3.05, 3.63) is 59.7 Å². The fourth-order valence-electron chi connectivity index (χ4n) is 22.4. The molecule has 8 aliphatic rings. The van der Waals surface area contributed by atoms with E-state index in [-0.39, 0.29) is 98.2 Å². The van der Waals surface area contributed by atoms with Gasteiger partial charge in [-0.25, -0.2) is 8.42 Å². The number of aliphatic hydroxyl groups excluding tert-OH is 4. The molecule has 2 aromatic carbocycles. The quantitative estimate of drug-likeness (QED) is 0.0671. The average molecular weight is 1650 g/mol. The van der Waals surface area contributed by atoms with Crippen molar-refractivity contribution < 1.29 is 60.4 Å². The predicted molar refractivity (Wildman–Crippen MR) is 386 cm³/mol. The molecular weight excluding hydrogens is 1530 g/mol. The van der Waals surface area contributed by atoms with Crippen LogP contribution >= 0.6 is 37.2 Å². The molecule has 0 amide bonds. The normalized spacial score (nSPS) is 38.4. The number of hydrogen-bond donors (Lipinski definition) is 4. The van der Waals surface area contributed by atoms with Crippen molar-refractivity contribution in [3.63, 3.8) is 0 Å². The summed E-state index contributed by atoms with van der Waals surface area (Å²) in [6, 6.07) is 13.7. The number of ketones is 1. The summed E-state index contributed by atoms with van der Waals surface area (Å²) in [4.78, 5) is 13.1. The molecule has 0 bridgehead atoms.